The summed E-state index contributed by atoms with van der Waals surface area (Å²) >= 11 is 7.51. The summed E-state index contributed by atoms with van der Waals surface area (Å²) in [4.78, 5) is 12.8. The molecule has 0 amide bonds. The van der Waals surface area contributed by atoms with E-state index in [-0.39, 0.29) is 5.69 Å². The van der Waals surface area contributed by atoms with Crippen molar-refractivity contribution in [2.24, 2.45) is 5.73 Å². The van der Waals surface area contributed by atoms with E-state index in [9.17, 15) is 4.79 Å². The lowest BCUT2D eigenvalue weighted by Gasteiger charge is -2.09. The van der Waals surface area contributed by atoms with Gasteiger partial charge in [0.15, 0.2) is 5.16 Å². The van der Waals surface area contributed by atoms with Crippen LogP contribution < -0.4 is 11.4 Å². The largest absolute Gasteiger partial charge is 0.344 e. The molecule has 0 spiro atoms. The fraction of sp³-hybridized carbons (Fsp3) is 0.385. The highest BCUT2D eigenvalue weighted by molar-refractivity contribution is 7.99. The maximum absolute atomic E-state index is 11.8. The van der Waals surface area contributed by atoms with Crippen molar-refractivity contribution in [3.05, 3.63) is 39.3 Å². The Hall–Kier alpha value is -1.24. The van der Waals surface area contributed by atoms with Crippen LogP contribution in [0, 0.1) is 0 Å². The second-order valence-electron chi connectivity index (χ2n) is 4.81. The van der Waals surface area contributed by atoms with Crippen LogP contribution >= 0.6 is 23.4 Å². The van der Waals surface area contributed by atoms with Gasteiger partial charge in [0.2, 0.25) is 0 Å². The van der Waals surface area contributed by atoms with Crippen LogP contribution in [-0.2, 0) is 6.42 Å². The van der Waals surface area contributed by atoms with Gasteiger partial charge < -0.3 is 5.73 Å². The zero-order chi connectivity index (χ0) is 14.1. The van der Waals surface area contributed by atoms with Crippen LogP contribution in [-0.4, -0.2) is 21.3 Å². The topological polar surface area (TPSA) is 76.7 Å². The van der Waals surface area contributed by atoms with Crippen molar-refractivity contribution in [1.29, 1.82) is 0 Å². The van der Waals surface area contributed by atoms with Gasteiger partial charge in [-0.3, -0.25) is 4.57 Å². The second-order valence-corrected chi connectivity index (χ2v) is 6.25. The normalized spacial score (nSPS) is 14.7. The second kappa shape index (κ2) is 5.63. The highest BCUT2D eigenvalue weighted by Gasteiger charge is 2.28. The Labute approximate surface area is 125 Å². The zero-order valence-corrected chi connectivity index (χ0v) is 12.4. The van der Waals surface area contributed by atoms with Gasteiger partial charge in [0.25, 0.3) is 0 Å². The minimum Gasteiger partial charge on any atom is -0.330 e. The van der Waals surface area contributed by atoms with Gasteiger partial charge in [0.05, 0.1) is 0 Å². The van der Waals surface area contributed by atoms with Crippen LogP contribution in [0.4, 0.5) is 0 Å². The molecule has 1 saturated carbocycles. The zero-order valence-electron chi connectivity index (χ0n) is 10.8. The van der Waals surface area contributed by atoms with Crippen molar-refractivity contribution in [1.82, 2.24) is 14.8 Å². The highest BCUT2D eigenvalue weighted by Crippen LogP contribution is 2.38. The summed E-state index contributed by atoms with van der Waals surface area (Å²) in [6, 6.07) is 6.02. The van der Waals surface area contributed by atoms with E-state index in [0.29, 0.717) is 22.8 Å². The summed E-state index contributed by atoms with van der Waals surface area (Å²) in [6.07, 6.45) is 2.84. The molecule has 3 rings (SSSR count). The number of aromatic amines is 1. The van der Waals surface area contributed by atoms with E-state index >= 15 is 0 Å². The lowest BCUT2D eigenvalue weighted by atomic mass is 10.1. The minimum atomic E-state index is -0.135. The van der Waals surface area contributed by atoms with E-state index in [0.717, 1.165) is 29.7 Å². The maximum atomic E-state index is 11.8. The molecular formula is C13H15ClN4OS. The summed E-state index contributed by atoms with van der Waals surface area (Å²) in [5.41, 5.74) is 6.59. The standard InChI is InChI=1S/C13H15ClN4OS/c14-9-1-4-11(8(7-9)5-6-15)20-13-17-16-12(19)18(13)10-2-3-10/h1,4,7,10H,2-3,5-6,15H2,(H,16,19). The van der Waals surface area contributed by atoms with E-state index in [2.05, 4.69) is 10.2 Å². The first kappa shape index (κ1) is 13.7. The van der Waals surface area contributed by atoms with Crippen LogP contribution in [0.1, 0.15) is 24.4 Å². The van der Waals surface area contributed by atoms with Gasteiger partial charge in [-0.1, -0.05) is 11.6 Å². The molecule has 1 aliphatic rings. The first-order chi connectivity index (χ1) is 9.69. The molecule has 20 heavy (non-hydrogen) atoms. The molecule has 2 aromatic rings. The number of nitrogens with zero attached hydrogens (tertiary/aromatic N) is 2. The smallest absolute Gasteiger partial charge is 0.330 e. The first-order valence-corrected chi connectivity index (χ1v) is 7.71. The maximum Gasteiger partial charge on any atom is 0.344 e. The molecule has 1 heterocycles. The summed E-state index contributed by atoms with van der Waals surface area (Å²) in [7, 11) is 0. The Balaban J connectivity index is 1.93. The molecule has 5 nitrogen and oxygen atoms in total. The Morgan fingerprint density at radius 1 is 1.50 bits per heavy atom. The van der Waals surface area contributed by atoms with Crippen LogP contribution in [0.2, 0.25) is 5.02 Å². The molecule has 1 fully saturated rings. The molecule has 3 N–H and O–H groups in total. The summed E-state index contributed by atoms with van der Waals surface area (Å²) in [5.74, 6) is 0. The van der Waals surface area contributed by atoms with Gasteiger partial charge in [-0.15, -0.1) is 5.10 Å². The molecule has 0 radical (unpaired) electrons. The predicted octanol–water partition coefficient (Wildman–Crippen LogP) is 2.21. The van der Waals surface area contributed by atoms with Gasteiger partial charge in [-0.25, -0.2) is 9.89 Å². The van der Waals surface area contributed by atoms with Crippen LogP contribution in [0.5, 0.6) is 0 Å². The molecule has 0 bridgehead atoms. The van der Waals surface area contributed by atoms with Crippen molar-refractivity contribution in [2.75, 3.05) is 6.54 Å². The third kappa shape index (κ3) is 2.77. The lowest BCUT2D eigenvalue weighted by molar-refractivity contribution is 0.642. The molecule has 106 valence electrons. The van der Waals surface area contributed by atoms with E-state index in [1.165, 1.54) is 11.8 Å². The summed E-state index contributed by atoms with van der Waals surface area (Å²) in [5, 5.41) is 8.05. The van der Waals surface area contributed by atoms with Crippen molar-refractivity contribution >= 4 is 23.4 Å². The Morgan fingerprint density at radius 3 is 3.00 bits per heavy atom. The molecule has 0 aliphatic heterocycles. The SMILES string of the molecule is NCCc1cc(Cl)ccc1Sc1n[nH]c(=O)n1C1CC1. The molecule has 1 aromatic heterocycles. The molecule has 1 aliphatic carbocycles. The van der Waals surface area contributed by atoms with E-state index < -0.39 is 0 Å². The lowest BCUT2D eigenvalue weighted by Crippen LogP contribution is -2.16. The van der Waals surface area contributed by atoms with Gasteiger partial charge in [-0.05, 0) is 61.3 Å². The number of hydrogen-bond acceptors (Lipinski definition) is 4. The molecule has 0 atom stereocenters. The Bertz CT molecular complexity index is 677. The highest BCUT2D eigenvalue weighted by atomic mass is 35.5. The van der Waals surface area contributed by atoms with Crippen LogP contribution in [0.25, 0.3) is 0 Å². The third-order valence-electron chi connectivity index (χ3n) is 3.22. The van der Waals surface area contributed by atoms with Gasteiger partial charge in [0, 0.05) is 16.0 Å². The number of nitrogens with one attached hydrogen (secondary N) is 1. The first-order valence-electron chi connectivity index (χ1n) is 6.52. The van der Waals surface area contributed by atoms with Crippen molar-refractivity contribution in [2.45, 2.75) is 35.4 Å². The number of H-pyrrole nitrogens is 1. The van der Waals surface area contributed by atoms with Gasteiger partial charge >= 0.3 is 5.69 Å². The molecular weight excluding hydrogens is 296 g/mol. The number of benzene rings is 1. The molecule has 1 aromatic carbocycles. The van der Waals surface area contributed by atoms with Gasteiger partial charge in [-0.2, -0.15) is 0 Å². The van der Waals surface area contributed by atoms with E-state index in [1.807, 2.05) is 18.2 Å². The average molecular weight is 311 g/mol. The van der Waals surface area contributed by atoms with Crippen molar-refractivity contribution in [3.63, 3.8) is 0 Å². The third-order valence-corrected chi connectivity index (χ3v) is 4.55. The number of nitrogens with two attached hydrogens (primary N) is 1. The summed E-state index contributed by atoms with van der Waals surface area (Å²) < 4.78 is 1.74. The molecule has 0 unspecified atom stereocenters. The molecule has 7 heteroatoms. The van der Waals surface area contributed by atoms with Crippen LogP contribution in [0.15, 0.2) is 33.0 Å². The predicted molar refractivity (Wildman–Crippen MR) is 79.5 cm³/mol. The van der Waals surface area contributed by atoms with Crippen molar-refractivity contribution in [3.8, 4) is 0 Å². The molecule has 0 saturated heterocycles. The fourth-order valence-corrected chi connectivity index (χ4v) is 3.35. The minimum absolute atomic E-state index is 0.135. The van der Waals surface area contributed by atoms with Crippen LogP contribution in [0.3, 0.4) is 0 Å². The van der Waals surface area contributed by atoms with Gasteiger partial charge in [0.1, 0.15) is 0 Å². The summed E-state index contributed by atoms with van der Waals surface area (Å²) in [6.45, 7) is 0.559. The number of aromatic nitrogens is 3. The quantitative estimate of drug-likeness (QED) is 0.887. The van der Waals surface area contributed by atoms with E-state index in [1.54, 1.807) is 4.57 Å². The number of rotatable bonds is 5. The van der Waals surface area contributed by atoms with E-state index in [4.69, 9.17) is 17.3 Å². The number of hydrogen-bond donors (Lipinski definition) is 2. The number of halogens is 1. The Kier molecular flexibility index (Phi) is 3.87. The fourth-order valence-electron chi connectivity index (χ4n) is 2.11. The van der Waals surface area contributed by atoms with Crippen molar-refractivity contribution < 1.29 is 0 Å². The average Bonchev–Trinajstić information content (AvgIpc) is 3.18. The Morgan fingerprint density at radius 2 is 2.30 bits per heavy atom. The monoisotopic (exact) mass is 310 g/mol.